The van der Waals surface area contributed by atoms with Gasteiger partial charge in [0.15, 0.2) is 0 Å². The standard InChI is InChI=1S/C15H22N4O2S/c1-4-11(8-17-3)14-18-10(2)13(22-14)15(20)19(16)9-12-6-5-7-21-12/h4,8,12H,5-7,9,16H2,1-3H3/b11-4+,17-8?. The molecule has 2 heterocycles. The van der Waals surface area contributed by atoms with Crippen molar-refractivity contribution in [3.05, 3.63) is 21.7 Å². The van der Waals surface area contributed by atoms with Crippen LogP contribution in [0.1, 0.15) is 40.1 Å². The number of hydrazine groups is 1. The summed E-state index contributed by atoms with van der Waals surface area (Å²) in [6.07, 6.45) is 5.67. The average Bonchev–Trinajstić information content (AvgIpc) is 3.13. The molecule has 1 aromatic rings. The summed E-state index contributed by atoms with van der Waals surface area (Å²) in [7, 11) is 1.71. The molecule has 1 aliphatic heterocycles. The van der Waals surface area contributed by atoms with E-state index >= 15 is 0 Å². The number of nitrogens with zero attached hydrogens (tertiary/aromatic N) is 3. The molecular formula is C15H22N4O2S. The molecule has 6 nitrogen and oxygen atoms in total. The molecule has 22 heavy (non-hydrogen) atoms. The quantitative estimate of drug-likeness (QED) is 0.389. The highest BCUT2D eigenvalue weighted by Gasteiger charge is 2.24. The van der Waals surface area contributed by atoms with Gasteiger partial charge in [-0.1, -0.05) is 6.08 Å². The minimum atomic E-state index is -0.208. The number of thiazole rings is 1. The van der Waals surface area contributed by atoms with Crippen molar-refractivity contribution < 1.29 is 9.53 Å². The molecule has 1 saturated heterocycles. The smallest absolute Gasteiger partial charge is 0.279 e. The Labute approximate surface area is 134 Å². The molecule has 1 atom stereocenters. The van der Waals surface area contributed by atoms with E-state index in [4.69, 9.17) is 10.6 Å². The van der Waals surface area contributed by atoms with Gasteiger partial charge in [0.25, 0.3) is 5.91 Å². The molecular weight excluding hydrogens is 300 g/mol. The zero-order chi connectivity index (χ0) is 16.1. The van der Waals surface area contributed by atoms with Gasteiger partial charge in [-0.15, -0.1) is 11.3 Å². The van der Waals surface area contributed by atoms with Crippen LogP contribution in [0.3, 0.4) is 0 Å². The first-order chi connectivity index (χ1) is 10.6. The average molecular weight is 322 g/mol. The summed E-state index contributed by atoms with van der Waals surface area (Å²) >= 11 is 1.34. The number of amides is 1. The minimum absolute atomic E-state index is 0.0416. The molecule has 2 rings (SSSR count). The molecule has 120 valence electrons. The van der Waals surface area contributed by atoms with Gasteiger partial charge in [0.1, 0.15) is 9.88 Å². The van der Waals surface area contributed by atoms with Crippen molar-refractivity contribution in [2.45, 2.75) is 32.8 Å². The molecule has 1 unspecified atom stereocenters. The van der Waals surface area contributed by atoms with Crippen LogP contribution in [0.15, 0.2) is 11.1 Å². The number of hydrogen-bond acceptors (Lipinski definition) is 6. The van der Waals surface area contributed by atoms with Crippen molar-refractivity contribution in [1.29, 1.82) is 0 Å². The van der Waals surface area contributed by atoms with E-state index in [9.17, 15) is 4.79 Å². The van der Waals surface area contributed by atoms with Crippen LogP contribution in [0.25, 0.3) is 5.57 Å². The zero-order valence-electron chi connectivity index (χ0n) is 13.2. The van der Waals surface area contributed by atoms with Crippen LogP contribution < -0.4 is 5.84 Å². The second-order valence-corrected chi connectivity index (χ2v) is 6.16. The molecule has 0 saturated carbocycles. The van der Waals surface area contributed by atoms with Crippen molar-refractivity contribution in [2.24, 2.45) is 10.8 Å². The highest BCUT2D eigenvalue weighted by molar-refractivity contribution is 7.15. The number of aryl methyl sites for hydroxylation is 1. The van der Waals surface area contributed by atoms with E-state index in [0.29, 0.717) is 17.1 Å². The molecule has 1 aliphatic rings. The summed E-state index contributed by atoms with van der Waals surface area (Å²) in [6, 6.07) is 0. The number of allylic oxidation sites excluding steroid dienone is 2. The molecule has 0 aliphatic carbocycles. The number of carbonyl (C=O) groups is 1. The molecule has 1 fully saturated rings. The van der Waals surface area contributed by atoms with Gasteiger partial charge in [-0.25, -0.2) is 10.8 Å². The number of rotatable bonds is 5. The summed E-state index contributed by atoms with van der Waals surface area (Å²) in [4.78, 5) is 21.5. The van der Waals surface area contributed by atoms with Crippen molar-refractivity contribution in [2.75, 3.05) is 20.2 Å². The number of ether oxygens (including phenoxy) is 1. The molecule has 0 aromatic carbocycles. The second-order valence-electron chi connectivity index (χ2n) is 5.16. The number of hydrogen-bond donors (Lipinski definition) is 1. The lowest BCUT2D eigenvalue weighted by Gasteiger charge is -2.19. The Morgan fingerprint density at radius 2 is 2.41 bits per heavy atom. The molecule has 1 aromatic heterocycles. The van der Waals surface area contributed by atoms with Crippen molar-refractivity contribution in [3.63, 3.8) is 0 Å². The first-order valence-electron chi connectivity index (χ1n) is 7.31. The van der Waals surface area contributed by atoms with E-state index in [1.54, 1.807) is 13.3 Å². The largest absolute Gasteiger partial charge is 0.376 e. The van der Waals surface area contributed by atoms with Crippen LogP contribution in [-0.4, -0.2) is 48.4 Å². The van der Waals surface area contributed by atoms with Gasteiger partial charge in [0.05, 0.1) is 18.3 Å². The number of nitrogens with two attached hydrogens (primary N) is 1. The third-order valence-corrected chi connectivity index (χ3v) is 4.70. The van der Waals surface area contributed by atoms with Crippen LogP contribution in [0.5, 0.6) is 0 Å². The summed E-state index contributed by atoms with van der Waals surface area (Å²) in [5.41, 5.74) is 1.59. The fourth-order valence-electron chi connectivity index (χ4n) is 2.33. The molecule has 0 spiro atoms. The lowest BCUT2D eigenvalue weighted by molar-refractivity contribution is 0.0528. The van der Waals surface area contributed by atoms with Gasteiger partial charge in [-0.2, -0.15) is 0 Å². The van der Waals surface area contributed by atoms with Crippen LogP contribution in [0.2, 0.25) is 0 Å². The van der Waals surface area contributed by atoms with Crippen molar-refractivity contribution in [1.82, 2.24) is 9.99 Å². The van der Waals surface area contributed by atoms with Crippen molar-refractivity contribution in [3.8, 4) is 0 Å². The van der Waals surface area contributed by atoms with Crippen LogP contribution in [0, 0.1) is 6.92 Å². The van der Waals surface area contributed by atoms with E-state index in [-0.39, 0.29) is 12.0 Å². The molecule has 0 radical (unpaired) electrons. The maximum Gasteiger partial charge on any atom is 0.279 e. The first-order valence-corrected chi connectivity index (χ1v) is 8.13. The highest BCUT2D eigenvalue weighted by atomic mass is 32.1. The van der Waals surface area contributed by atoms with Gasteiger partial charge in [0.2, 0.25) is 0 Å². The molecule has 7 heteroatoms. The zero-order valence-corrected chi connectivity index (χ0v) is 14.0. The topological polar surface area (TPSA) is 80.8 Å². The summed E-state index contributed by atoms with van der Waals surface area (Å²) in [5, 5.41) is 2.02. The molecule has 2 N–H and O–H groups in total. The van der Waals surface area contributed by atoms with Gasteiger partial charge in [-0.05, 0) is 26.7 Å². The Kier molecular flexibility index (Phi) is 5.82. The van der Waals surface area contributed by atoms with Crippen LogP contribution in [0.4, 0.5) is 0 Å². The van der Waals surface area contributed by atoms with E-state index < -0.39 is 0 Å². The molecule has 0 bridgehead atoms. The van der Waals surface area contributed by atoms with Gasteiger partial charge in [0, 0.05) is 25.4 Å². The van der Waals surface area contributed by atoms with E-state index in [1.807, 2.05) is 19.9 Å². The Hall–Kier alpha value is -1.57. The molecule has 1 amide bonds. The SMILES string of the molecule is C/C=C(\C=NC)c1nc(C)c(C(=O)N(N)CC2CCCO2)s1. The predicted octanol–water partition coefficient (Wildman–Crippen LogP) is 2.05. The van der Waals surface area contributed by atoms with Gasteiger partial charge in [-0.3, -0.25) is 14.8 Å². The Morgan fingerprint density at radius 1 is 1.64 bits per heavy atom. The number of carbonyl (C=O) groups excluding carboxylic acids is 1. The van der Waals surface area contributed by atoms with Crippen LogP contribution in [-0.2, 0) is 4.74 Å². The maximum atomic E-state index is 12.5. The Morgan fingerprint density at radius 3 is 3.00 bits per heavy atom. The minimum Gasteiger partial charge on any atom is -0.376 e. The van der Waals surface area contributed by atoms with Crippen LogP contribution >= 0.6 is 11.3 Å². The van der Waals surface area contributed by atoms with Gasteiger partial charge >= 0.3 is 0 Å². The Bertz CT molecular complexity index is 588. The third-order valence-electron chi connectivity index (χ3n) is 3.50. The number of aromatic nitrogens is 1. The summed E-state index contributed by atoms with van der Waals surface area (Å²) < 4.78 is 5.52. The van der Waals surface area contributed by atoms with Gasteiger partial charge < -0.3 is 4.74 Å². The fourth-order valence-corrected chi connectivity index (χ4v) is 3.39. The maximum absolute atomic E-state index is 12.5. The normalized spacial score (nSPS) is 19.1. The Balaban J connectivity index is 2.14. The van der Waals surface area contributed by atoms with Crippen molar-refractivity contribution >= 4 is 29.0 Å². The van der Waals surface area contributed by atoms with E-state index in [2.05, 4.69) is 9.98 Å². The summed E-state index contributed by atoms with van der Waals surface area (Å²) in [5.74, 6) is 5.71. The third kappa shape index (κ3) is 3.79. The summed E-state index contributed by atoms with van der Waals surface area (Å²) in [6.45, 7) is 4.90. The lowest BCUT2D eigenvalue weighted by Crippen LogP contribution is -2.42. The predicted molar refractivity (Wildman–Crippen MR) is 89.1 cm³/mol. The fraction of sp³-hybridized carbons (Fsp3) is 0.533. The monoisotopic (exact) mass is 322 g/mol. The first kappa shape index (κ1) is 16.8. The second kappa shape index (κ2) is 7.62. The van der Waals surface area contributed by atoms with E-state index in [1.165, 1.54) is 16.3 Å². The van der Waals surface area contributed by atoms with E-state index in [0.717, 1.165) is 30.0 Å². The highest BCUT2D eigenvalue weighted by Crippen LogP contribution is 2.25. The number of aliphatic imine (C=N–C) groups is 1. The lowest BCUT2D eigenvalue weighted by atomic mass is 10.2.